The highest BCUT2D eigenvalue weighted by atomic mass is 35.5. The minimum absolute atomic E-state index is 0. The van der Waals surface area contributed by atoms with Gasteiger partial charge in [-0.1, -0.05) is 24.3 Å². The first kappa shape index (κ1) is 20.4. The first-order valence-corrected chi connectivity index (χ1v) is 7.80. The van der Waals surface area contributed by atoms with Crippen LogP contribution < -0.4 is 10.6 Å². The van der Waals surface area contributed by atoms with Crippen molar-refractivity contribution in [3.05, 3.63) is 65.5 Å². The van der Waals surface area contributed by atoms with Crippen LogP contribution in [-0.2, 0) is 17.6 Å². The molecular formula is C18H23Cl2N3O. The van der Waals surface area contributed by atoms with Gasteiger partial charge in [0.15, 0.2) is 0 Å². The SMILES string of the molecule is Cl.Cl.O=C(CCc1ccncc1)NCC1NCCc2ccccc21. The van der Waals surface area contributed by atoms with E-state index in [1.54, 1.807) is 12.4 Å². The van der Waals surface area contributed by atoms with E-state index in [1.807, 2.05) is 12.1 Å². The summed E-state index contributed by atoms with van der Waals surface area (Å²) >= 11 is 0. The summed E-state index contributed by atoms with van der Waals surface area (Å²) in [6.07, 6.45) is 5.84. The second-order valence-electron chi connectivity index (χ2n) is 5.62. The lowest BCUT2D eigenvalue weighted by Gasteiger charge is -2.27. The minimum Gasteiger partial charge on any atom is -0.354 e. The zero-order valence-electron chi connectivity index (χ0n) is 13.4. The zero-order chi connectivity index (χ0) is 15.2. The number of carbonyl (C=O) groups is 1. The Labute approximate surface area is 155 Å². The summed E-state index contributed by atoms with van der Waals surface area (Å²) in [7, 11) is 0. The predicted molar refractivity (Wildman–Crippen MR) is 101 cm³/mol. The summed E-state index contributed by atoms with van der Waals surface area (Å²) in [6.45, 7) is 1.61. The lowest BCUT2D eigenvalue weighted by atomic mass is 9.94. The van der Waals surface area contributed by atoms with Crippen LogP contribution in [0.3, 0.4) is 0 Å². The average Bonchev–Trinajstić information content (AvgIpc) is 2.59. The molecule has 3 rings (SSSR count). The number of nitrogens with zero attached hydrogens (tertiary/aromatic N) is 1. The van der Waals surface area contributed by atoms with Crippen LogP contribution in [0.5, 0.6) is 0 Å². The number of aryl methyl sites for hydroxylation is 1. The highest BCUT2D eigenvalue weighted by Crippen LogP contribution is 2.21. The fourth-order valence-corrected chi connectivity index (χ4v) is 2.89. The molecule has 24 heavy (non-hydrogen) atoms. The molecule has 1 unspecified atom stereocenters. The molecule has 0 saturated heterocycles. The molecule has 1 atom stereocenters. The second-order valence-corrected chi connectivity index (χ2v) is 5.62. The molecule has 1 aliphatic rings. The van der Waals surface area contributed by atoms with E-state index in [1.165, 1.54) is 11.1 Å². The smallest absolute Gasteiger partial charge is 0.220 e. The standard InChI is InChI=1S/C18H21N3O.2ClH/c22-18(6-5-14-7-10-19-11-8-14)21-13-17-16-4-2-1-3-15(16)9-12-20-17;;/h1-4,7-8,10-11,17,20H,5-6,9,12-13H2,(H,21,22);2*1H. The fraction of sp³-hybridized carbons (Fsp3) is 0.333. The fourth-order valence-electron chi connectivity index (χ4n) is 2.89. The molecule has 1 aromatic carbocycles. The Morgan fingerprint density at radius 2 is 1.92 bits per heavy atom. The highest BCUT2D eigenvalue weighted by Gasteiger charge is 2.19. The predicted octanol–water partition coefficient (Wildman–Crippen LogP) is 2.86. The summed E-state index contributed by atoms with van der Waals surface area (Å²) in [5.41, 5.74) is 3.84. The number of aromatic nitrogens is 1. The molecule has 0 fully saturated rings. The summed E-state index contributed by atoms with van der Waals surface area (Å²) in [6, 6.07) is 12.6. The minimum atomic E-state index is 0. The quantitative estimate of drug-likeness (QED) is 0.853. The number of pyridine rings is 1. The van der Waals surface area contributed by atoms with Gasteiger partial charge < -0.3 is 10.6 Å². The number of halogens is 2. The van der Waals surface area contributed by atoms with Crippen LogP contribution in [0.25, 0.3) is 0 Å². The van der Waals surface area contributed by atoms with Crippen molar-refractivity contribution in [2.24, 2.45) is 0 Å². The van der Waals surface area contributed by atoms with Crippen molar-refractivity contribution < 1.29 is 4.79 Å². The maximum Gasteiger partial charge on any atom is 0.220 e. The van der Waals surface area contributed by atoms with Crippen LogP contribution in [0.2, 0.25) is 0 Å². The molecule has 2 aromatic rings. The highest BCUT2D eigenvalue weighted by molar-refractivity contribution is 5.85. The first-order chi connectivity index (χ1) is 10.8. The van der Waals surface area contributed by atoms with Crippen LogP contribution >= 0.6 is 24.8 Å². The molecule has 0 aliphatic carbocycles. The first-order valence-electron chi connectivity index (χ1n) is 7.80. The number of hydrogen-bond acceptors (Lipinski definition) is 3. The van der Waals surface area contributed by atoms with E-state index in [0.717, 1.165) is 24.9 Å². The Hall–Kier alpha value is -1.62. The Morgan fingerprint density at radius 1 is 1.17 bits per heavy atom. The average molecular weight is 368 g/mol. The number of benzene rings is 1. The number of amides is 1. The van der Waals surface area contributed by atoms with Gasteiger partial charge in [0, 0.05) is 31.4 Å². The summed E-state index contributed by atoms with van der Waals surface area (Å²) in [5.74, 6) is 0.0988. The monoisotopic (exact) mass is 367 g/mol. The third-order valence-electron chi connectivity index (χ3n) is 4.11. The van der Waals surface area contributed by atoms with Crippen molar-refractivity contribution in [1.82, 2.24) is 15.6 Å². The number of rotatable bonds is 5. The number of fused-ring (bicyclic) bond motifs is 1. The van der Waals surface area contributed by atoms with Gasteiger partial charge in [-0.05, 0) is 48.2 Å². The molecule has 2 N–H and O–H groups in total. The van der Waals surface area contributed by atoms with Gasteiger partial charge in [0.25, 0.3) is 0 Å². The molecular weight excluding hydrogens is 345 g/mol. The van der Waals surface area contributed by atoms with E-state index < -0.39 is 0 Å². The van der Waals surface area contributed by atoms with Gasteiger partial charge in [-0.2, -0.15) is 0 Å². The number of carbonyl (C=O) groups excluding carboxylic acids is 1. The normalized spacial score (nSPS) is 15.4. The second kappa shape index (κ2) is 10.3. The number of hydrogen-bond donors (Lipinski definition) is 2. The summed E-state index contributed by atoms with van der Waals surface area (Å²) < 4.78 is 0. The lowest BCUT2D eigenvalue weighted by Crippen LogP contribution is -2.38. The summed E-state index contributed by atoms with van der Waals surface area (Å²) in [5, 5.41) is 6.53. The zero-order valence-corrected chi connectivity index (χ0v) is 15.0. The van der Waals surface area contributed by atoms with Gasteiger partial charge in [-0.15, -0.1) is 24.8 Å². The third-order valence-corrected chi connectivity index (χ3v) is 4.11. The molecule has 130 valence electrons. The molecule has 2 heterocycles. The van der Waals surface area contributed by atoms with Crippen molar-refractivity contribution >= 4 is 30.7 Å². The van der Waals surface area contributed by atoms with Crippen molar-refractivity contribution in [3.63, 3.8) is 0 Å². The van der Waals surface area contributed by atoms with Crippen molar-refractivity contribution in [2.45, 2.75) is 25.3 Å². The maximum absolute atomic E-state index is 12.0. The Balaban J connectivity index is 0.00000144. The summed E-state index contributed by atoms with van der Waals surface area (Å²) in [4.78, 5) is 16.0. The lowest BCUT2D eigenvalue weighted by molar-refractivity contribution is -0.121. The number of nitrogens with one attached hydrogen (secondary N) is 2. The molecule has 4 nitrogen and oxygen atoms in total. The molecule has 0 spiro atoms. The maximum atomic E-state index is 12.0. The van der Waals surface area contributed by atoms with E-state index in [9.17, 15) is 4.79 Å². The van der Waals surface area contributed by atoms with Gasteiger partial charge in [-0.25, -0.2) is 0 Å². The van der Waals surface area contributed by atoms with E-state index in [4.69, 9.17) is 0 Å². The van der Waals surface area contributed by atoms with Gasteiger partial charge in [0.05, 0.1) is 0 Å². The largest absolute Gasteiger partial charge is 0.354 e. The topological polar surface area (TPSA) is 54.0 Å². The molecule has 0 radical (unpaired) electrons. The van der Waals surface area contributed by atoms with Gasteiger partial charge in [0.2, 0.25) is 5.91 Å². The van der Waals surface area contributed by atoms with Gasteiger partial charge >= 0.3 is 0 Å². The van der Waals surface area contributed by atoms with Crippen molar-refractivity contribution in [2.75, 3.05) is 13.1 Å². The Morgan fingerprint density at radius 3 is 2.71 bits per heavy atom. The van der Waals surface area contributed by atoms with E-state index in [-0.39, 0.29) is 36.8 Å². The van der Waals surface area contributed by atoms with Gasteiger partial charge in [-0.3, -0.25) is 9.78 Å². The molecule has 0 saturated carbocycles. The van der Waals surface area contributed by atoms with Crippen LogP contribution in [0, 0.1) is 0 Å². The molecule has 1 aliphatic heterocycles. The van der Waals surface area contributed by atoms with Crippen LogP contribution in [-0.4, -0.2) is 24.0 Å². The van der Waals surface area contributed by atoms with Gasteiger partial charge in [0.1, 0.15) is 0 Å². The molecule has 6 heteroatoms. The van der Waals surface area contributed by atoms with E-state index in [2.05, 4.69) is 39.9 Å². The van der Waals surface area contributed by atoms with Crippen molar-refractivity contribution in [1.29, 1.82) is 0 Å². The molecule has 1 aromatic heterocycles. The van der Waals surface area contributed by atoms with Crippen LogP contribution in [0.1, 0.15) is 29.2 Å². The third kappa shape index (κ3) is 5.48. The molecule has 0 bridgehead atoms. The van der Waals surface area contributed by atoms with Crippen molar-refractivity contribution in [3.8, 4) is 0 Å². The Kier molecular flexibility index (Phi) is 8.76. The van der Waals surface area contributed by atoms with E-state index >= 15 is 0 Å². The van der Waals surface area contributed by atoms with Crippen LogP contribution in [0.4, 0.5) is 0 Å². The molecule has 1 amide bonds. The van der Waals surface area contributed by atoms with Crippen LogP contribution in [0.15, 0.2) is 48.8 Å². The van der Waals surface area contributed by atoms with E-state index in [0.29, 0.717) is 13.0 Å². The Bertz CT molecular complexity index is 637.